The number of aryl methyl sites for hydroxylation is 1. The highest BCUT2D eigenvalue weighted by Crippen LogP contribution is 2.38. The summed E-state index contributed by atoms with van der Waals surface area (Å²) in [5.41, 5.74) is 2.76. The van der Waals surface area contributed by atoms with Gasteiger partial charge in [0.2, 0.25) is 0 Å². The zero-order chi connectivity index (χ0) is 18.3. The molecule has 26 heavy (non-hydrogen) atoms. The van der Waals surface area contributed by atoms with Crippen LogP contribution < -0.4 is 9.64 Å². The number of nitrogens with zero attached hydrogens (tertiary/aromatic N) is 1. The first-order valence-corrected chi connectivity index (χ1v) is 9.04. The van der Waals surface area contributed by atoms with Crippen LogP contribution in [0.3, 0.4) is 0 Å². The van der Waals surface area contributed by atoms with Crippen molar-refractivity contribution in [1.82, 2.24) is 0 Å². The highest BCUT2D eigenvalue weighted by molar-refractivity contribution is 6.06. The van der Waals surface area contributed by atoms with Gasteiger partial charge >= 0.3 is 0 Å². The molecule has 4 heteroatoms. The fourth-order valence-corrected chi connectivity index (χ4v) is 3.46. The summed E-state index contributed by atoms with van der Waals surface area (Å²) in [6.07, 6.45) is 2.33. The van der Waals surface area contributed by atoms with E-state index in [9.17, 15) is 4.79 Å². The lowest BCUT2D eigenvalue weighted by Gasteiger charge is -2.29. The van der Waals surface area contributed by atoms with Crippen molar-refractivity contribution < 1.29 is 13.9 Å². The van der Waals surface area contributed by atoms with Gasteiger partial charge in [-0.3, -0.25) is 4.79 Å². The predicted octanol–water partition coefficient (Wildman–Crippen LogP) is 5.20. The molecule has 0 radical (unpaired) electrons. The van der Waals surface area contributed by atoms with Crippen LogP contribution in [0.1, 0.15) is 35.9 Å². The van der Waals surface area contributed by atoms with Gasteiger partial charge in [-0.15, -0.1) is 0 Å². The van der Waals surface area contributed by atoms with Gasteiger partial charge in [0.1, 0.15) is 11.3 Å². The van der Waals surface area contributed by atoms with Crippen molar-refractivity contribution in [1.29, 1.82) is 0 Å². The molecule has 1 aliphatic carbocycles. The summed E-state index contributed by atoms with van der Waals surface area (Å²) in [5.74, 6) is 1.62. The van der Waals surface area contributed by atoms with E-state index < -0.39 is 0 Å². The van der Waals surface area contributed by atoms with Crippen LogP contribution in [0.4, 0.5) is 5.69 Å². The zero-order valence-electron chi connectivity index (χ0n) is 15.4. The Morgan fingerprint density at radius 2 is 1.88 bits per heavy atom. The average molecular weight is 349 g/mol. The van der Waals surface area contributed by atoms with E-state index in [2.05, 4.69) is 6.92 Å². The molecule has 0 spiro atoms. The molecule has 4 nitrogen and oxygen atoms in total. The molecule has 0 aliphatic heterocycles. The summed E-state index contributed by atoms with van der Waals surface area (Å²) in [5, 5.41) is 0.960. The van der Waals surface area contributed by atoms with Gasteiger partial charge in [0.05, 0.1) is 7.11 Å². The number of carbonyl (C=O) groups excluding carboxylic acids is 1. The lowest BCUT2D eigenvalue weighted by molar-refractivity contribution is 0.0951. The van der Waals surface area contributed by atoms with Crippen LogP contribution in [-0.2, 0) is 0 Å². The van der Waals surface area contributed by atoms with Gasteiger partial charge in [0.15, 0.2) is 5.76 Å². The van der Waals surface area contributed by atoms with Gasteiger partial charge in [-0.05, 0) is 75.1 Å². The van der Waals surface area contributed by atoms with Crippen LogP contribution in [0.25, 0.3) is 11.0 Å². The van der Waals surface area contributed by atoms with Crippen LogP contribution in [-0.4, -0.2) is 19.1 Å². The number of hydrogen-bond acceptors (Lipinski definition) is 3. The summed E-state index contributed by atoms with van der Waals surface area (Å²) < 4.78 is 11.1. The number of methoxy groups -OCH3 is 1. The maximum atomic E-state index is 13.3. The summed E-state index contributed by atoms with van der Waals surface area (Å²) in [4.78, 5) is 15.2. The molecule has 1 amide bonds. The molecular formula is C22H23NO3. The molecule has 0 N–H and O–H groups in total. The normalized spacial score (nSPS) is 15.0. The largest absolute Gasteiger partial charge is 0.497 e. The second-order valence-electron chi connectivity index (χ2n) is 7.10. The summed E-state index contributed by atoms with van der Waals surface area (Å²) >= 11 is 0. The Hall–Kier alpha value is -2.75. The smallest absolute Gasteiger partial charge is 0.294 e. The molecule has 0 bridgehead atoms. The second kappa shape index (κ2) is 6.52. The fraction of sp³-hybridized carbons (Fsp3) is 0.318. The molecular weight excluding hydrogens is 326 g/mol. The molecule has 0 saturated heterocycles. The van der Waals surface area contributed by atoms with Gasteiger partial charge in [-0.2, -0.15) is 0 Å². The standard InChI is InChI=1S/C22H23NO3/c1-14-4-11-20-17(12-14)13-21(26-20)22(24)23(15(2)16-5-6-16)18-7-9-19(25-3)10-8-18/h4,7-13,15-16H,5-6H2,1-3H3. The van der Waals surface area contributed by atoms with Gasteiger partial charge < -0.3 is 14.1 Å². The number of anilines is 1. The first-order chi connectivity index (χ1) is 12.6. The number of hydrogen-bond donors (Lipinski definition) is 0. The fourth-order valence-electron chi connectivity index (χ4n) is 3.46. The third-order valence-electron chi connectivity index (χ3n) is 5.16. The van der Waals surface area contributed by atoms with Crippen molar-refractivity contribution in [3.05, 3.63) is 59.9 Å². The first-order valence-electron chi connectivity index (χ1n) is 9.04. The van der Waals surface area contributed by atoms with Crippen molar-refractivity contribution in [2.75, 3.05) is 12.0 Å². The van der Waals surface area contributed by atoms with Crippen molar-refractivity contribution in [2.45, 2.75) is 32.7 Å². The molecule has 1 atom stereocenters. The Balaban J connectivity index is 1.72. The average Bonchev–Trinajstić information content (AvgIpc) is 3.42. The summed E-state index contributed by atoms with van der Waals surface area (Å²) in [6, 6.07) is 15.6. The van der Waals surface area contributed by atoms with Crippen LogP contribution in [0.15, 0.2) is 52.9 Å². The van der Waals surface area contributed by atoms with E-state index in [1.165, 1.54) is 12.8 Å². The maximum absolute atomic E-state index is 13.3. The Labute approximate surface area is 153 Å². The van der Waals surface area contributed by atoms with Crippen LogP contribution in [0, 0.1) is 12.8 Å². The molecule has 1 heterocycles. The van der Waals surface area contributed by atoms with E-state index in [1.54, 1.807) is 7.11 Å². The van der Waals surface area contributed by atoms with Crippen LogP contribution in [0.2, 0.25) is 0 Å². The SMILES string of the molecule is COc1ccc(N(C(=O)c2cc3cc(C)ccc3o2)C(C)C2CC2)cc1. The van der Waals surface area contributed by atoms with Gasteiger partial charge in [0, 0.05) is 17.1 Å². The molecule has 1 unspecified atom stereocenters. The molecule has 1 aliphatic rings. The summed E-state index contributed by atoms with van der Waals surface area (Å²) in [6.45, 7) is 4.15. The molecule has 3 aromatic rings. The van der Waals surface area contributed by atoms with Crippen LogP contribution >= 0.6 is 0 Å². The van der Waals surface area contributed by atoms with Gasteiger partial charge in [0.25, 0.3) is 5.91 Å². The van der Waals surface area contributed by atoms with Crippen molar-refractivity contribution in [3.8, 4) is 5.75 Å². The van der Waals surface area contributed by atoms with Gasteiger partial charge in [-0.25, -0.2) is 0 Å². The molecule has 1 aromatic heterocycles. The number of ether oxygens (including phenoxy) is 1. The van der Waals surface area contributed by atoms with E-state index in [4.69, 9.17) is 9.15 Å². The number of amides is 1. The number of carbonyl (C=O) groups is 1. The van der Waals surface area contributed by atoms with E-state index in [1.807, 2.05) is 60.4 Å². The third kappa shape index (κ3) is 3.07. The lowest BCUT2D eigenvalue weighted by Crippen LogP contribution is -2.40. The monoisotopic (exact) mass is 349 g/mol. The Morgan fingerprint density at radius 3 is 2.54 bits per heavy atom. The number of furan rings is 1. The Bertz CT molecular complexity index is 938. The Kier molecular flexibility index (Phi) is 4.19. The van der Waals surface area contributed by atoms with Gasteiger partial charge in [-0.1, -0.05) is 11.6 Å². The molecule has 134 valence electrons. The van der Waals surface area contributed by atoms with E-state index in [0.29, 0.717) is 11.7 Å². The minimum atomic E-state index is -0.0941. The highest BCUT2D eigenvalue weighted by atomic mass is 16.5. The van der Waals surface area contributed by atoms with E-state index in [-0.39, 0.29) is 11.9 Å². The van der Waals surface area contributed by atoms with Crippen molar-refractivity contribution >= 4 is 22.6 Å². The van der Waals surface area contributed by atoms with Crippen LogP contribution in [0.5, 0.6) is 5.75 Å². The van der Waals surface area contributed by atoms with E-state index >= 15 is 0 Å². The number of rotatable bonds is 5. The highest BCUT2D eigenvalue weighted by Gasteiger charge is 2.36. The van der Waals surface area contributed by atoms with Crippen molar-refractivity contribution in [2.24, 2.45) is 5.92 Å². The minimum absolute atomic E-state index is 0.0941. The molecule has 1 fully saturated rings. The van der Waals surface area contributed by atoms with E-state index in [0.717, 1.165) is 28.0 Å². The molecule has 4 rings (SSSR count). The zero-order valence-corrected chi connectivity index (χ0v) is 15.4. The molecule has 1 saturated carbocycles. The quantitative estimate of drug-likeness (QED) is 0.636. The predicted molar refractivity (Wildman–Crippen MR) is 103 cm³/mol. The Morgan fingerprint density at radius 1 is 1.15 bits per heavy atom. The topological polar surface area (TPSA) is 42.7 Å². The number of benzene rings is 2. The number of fused-ring (bicyclic) bond motifs is 1. The lowest BCUT2D eigenvalue weighted by atomic mass is 10.1. The third-order valence-corrected chi connectivity index (χ3v) is 5.16. The summed E-state index contributed by atoms with van der Waals surface area (Å²) in [7, 11) is 1.64. The minimum Gasteiger partial charge on any atom is -0.497 e. The first kappa shape index (κ1) is 16.7. The maximum Gasteiger partial charge on any atom is 0.294 e. The molecule has 2 aromatic carbocycles. The second-order valence-corrected chi connectivity index (χ2v) is 7.10. The van der Waals surface area contributed by atoms with Crippen molar-refractivity contribution in [3.63, 3.8) is 0 Å².